The molecule has 0 radical (unpaired) electrons. The molecule has 1 unspecified atom stereocenters. The van der Waals surface area contributed by atoms with Crippen molar-refractivity contribution in [3.63, 3.8) is 0 Å². The molecule has 1 aromatic heterocycles. The highest BCUT2D eigenvalue weighted by Gasteiger charge is 2.20. The zero-order valence-electron chi connectivity index (χ0n) is 14.3. The molecule has 4 nitrogen and oxygen atoms in total. The van der Waals surface area contributed by atoms with Crippen molar-refractivity contribution in [3.05, 3.63) is 71.1 Å². The molecule has 0 amide bonds. The van der Waals surface area contributed by atoms with Crippen LogP contribution in [-0.4, -0.2) is 19.6 Å². The minimum atomic E-state index is 0.120. The number of aromatic nitrogens is 2. The maximum atomic E-state index is 10.7. The van der Waals surface area contributed by atoms with Gasteiger partial charge >= 0.3 is 0 Å². The average Bonchev–Trinajstić information content (AvgIpc) is 3.18. The predicted molar refractivity (Wildman–Crippen MR) is 111 cm³/mol. The van der Waals surface area contributed by atoms with E-state index in [-0.39, 0.29) is 11.3 Å². The Balaban J connectivity index is 1.72. The van der Waals surface area contributed by atoms with Gasteiger partial charge in [0.25, 0.3) is 0 Å². The van der Waals surface area contributed by atoms with Gasteiger partial charge in [-0.15, -0.1) is 0 Å². The lowest BCUT2D eigenvalue weighted by Gasteiger charge is -2.07. The number of anilines is 1. The molecule has 1 atom stereocenters. The zero-order valence-corrected chi connectivity index (χ0v) is 15.9. The van der Waals surface area contributed by atoms with Crippen molar-refractivity contribution in [1.29, 1.82) is 0 Å². The largest absolute Gasteiger partial charge is 0.493 e. The van der Waals surface area contributed by atoms with Crippen LogP contribution in [0.1, 0.15) is 12.6 Å². The molecule has 26 heavy (non-hydrogen) atoms. The maximum Gasteiger partial charge on any atom is 0.218 e. The van der Waals surface area contributed by atoms with Gasteiger partial charge in [-0.3, -0.25) is 9.13 Å². The number of imidazole rings is 1. The van der Waals surface area contributed by atoms with Gasteiger partial charge in [0, 0.05) is 22.8 Å². The van der Waals surface area contributed by atoms with Crippen LogP contribution in [0.15, 0.2) is 65.6 Å². The second-order valence-electron chi connectivity index (χ2n) is 5.94. The Bertz CT molecular complexity index is 996. The van der Waals surface area contributed by atoms with Crippen LogP contribution in [0.25, 0.3) is 11.8 Å². The number of thioether (sulfide) groups is 1. The SMILES string of the molecule is CCn1c(O)c(C=CC2Nc3ccccc3S2)n(-c2ccccc2)c1=S. The third kappa shape index (κ3) is 2.95. The van der Waals surface area contributed by atoms with E-state index in [0.717, 1.165) is 11.4 Å². The van der Waals surface area contributed by atoms with Crippen molar-refractivity contribution in [1.82, 2.24) is 9.13 Å². The van der Waals surface area contributed by atoms with Crippen molar-refractivity contribution in [2.75, 3.05) is 5.32 Å². The Labute approximate surface area is 161 Å². The summed E-state index contributed by atoms with van der Waals surface area (Å²) in [4.78, 5) is 1.23. The minimum absolute atomic E-state index is 0.120. The standard InChI is InChI=1S/C20H19N3OS2/c1-2-22-19(24)16(23(20(22)25)14-8-4-3-5-9-14)12-13-18-21-15-10-6-7-11-17(15)26-18/h3-13,18,21,24H,2H2,1H3. The summed E-state index contributed by atoms with van der Waals surface area (Å²) in [5, 5.41) is 14.3. The van der Waals surface area contributed by atoms with E-state index in [0.29, 0.717) is 17.0 Å². The highest BCUT2D eigenvalue weighted by molar-refractivity contribution is 8.00. The van der Waals surface area contributed by atoms with Gasteiger partial charge in [-0.05, 0) is 55.6 Å². The Hall–Kier alpha value is -2.44. The van der Waals surface area contributed by atoms with Crippen LogP contribution >= 0.6 is 24.0 Å². The van der Waals surface area contributed by atoms with Crippen molar-refractivity contribution < 1.29 is 5.11 Å². The molecule has 2 N–H and O–H groups in total. The number of nitrogens with zero attached hydrogens (tertiary/aromatic N) is 2. The lowest BCUT2D eigenvalue weighted by atomic mass is 10.3. The second-order valence-corrected chi connectivity index (χ2v) is 7.49. The highest BCUT2D eigenvalue weighted by atomic mass is 32.2. The molecule has 0 saturated heterocycles. The normalized spacial score (nSPS) is 16.0. The van der Waals surface area contributed by atoms with Gasteiger partial charge in [-0.25, -0.2) is 0 Å². The van der Waals surface area contributed by atoms with Crippen LogP contribution in [0.2, 0.25) is 0 Å². The summed E-state index contributed by atoms with van der Waals surface area (Å²) in [6.07, 6.45) is 4.01. The summed E-state index contributed by atoms with van der Waals surface area (Å²) >= 11 is 7.36. The topological polar surface area (TPSA) is 42.1 Å². The molecule has 0 saturated carbocycles. The fraction of sp³-hybridized carbons (Fsp3) is 0.150. The molecule has 0 aliphatic carbocycles. The lowest BCUT2D eigenvalue weighted by molar-refractivity contribution is 0.419. The number of fused-ring (bicyclic) bond motifs is 1. The quantitative estimate of drug-likeness (QED) is 0.603. The van der Waals surface area contributed by atoms with Crippen LogP contribution in [0, 0.1) is 4.77 Å². The number of rotatable bonds is 4. The molecule has 0 bridgehead atoms. The maximum absolute atomic E-state index is 10.7. The molecule has 6 heteroatoms. The van der Waals surface area contributed by atoms with Gasteiger partial charge in [-0.1, -0.05) is 42.1 Å². The van der Waals surface area contributed by atoms with E-state index in [9.17, 15) is 5.11 Å². The van der Waals surface area contributed by atoms with Crippen LogP contribution in [0.3, 0.4) is 0 Å². The lowest BCUT2D eigenvalue weighted by Crippen LogP contribution is -2.05. The van der Waals surface area contributed by atoms with Crippen LogP contribution in [-0.2, 0) is 6.54 Å². The van der Waals surface area contributed by atoms with Gasteiger partial charge in [0.05, 0.1) is 5.37 Å². The fourth-order valence-electron chi connectivity index (χ4n) is 3.09. The first-order chi connectivity index (χ1) is 12.7. The molecule has 1 aliphatic rings. The molecule has 132 valence electrons. The molecule has 2 aromatic carbocycles. The van der Waals surface area contributed by atoms with E-state index in [1.165, 1.54) is 4.90 Å². The summed E-state index contributed by atoms with van der Waals surface area (Å²) in [6.45, 7) is 2.59. The zero-order chi connectivity index (χ0) is 18.1. The van der Waals surface area contributed by atoms with Gasteiger partial charge in [0.15, 0.2) is 4.77 Å². The van der Waals surface area contributed by atoms with Crippen LogP contribution in [0.5, 0.6) is 5.88 Å². The Kier molecular flexibility index (Phi) is 4.61. The van der Waals surface area contributed by atoms with E-state index < -0.39 is 0 Å². The first-order valence-corrected chi connectivity index (χ1v) is 9.78. The van der Waals surface area contributed by atoms with Crippen LogP contribution in [0.4, 0.5) is 5.69 Å². The van der Waals surface area contributed by atoms with E-state index in [2.05, 4.69) is 23.5 Å². The monoisotopic (exact) mass is 381 g/mol. The molecule has 3 aromatic rings. The second kappa shape index (κ2) is 7.05. The van der Waals surface area contributed by atoms with Crippen molar-refractivity contribution in [3.8, 4) is 11.6 Å². The minimum Gasteiger partial charge on any atom is -0.493 e. The van der Waals surface area contributed by atoms with E-state index in [1.54, 1.807) is 16.3 Å². The van der Waals surface area contributed by atoms with E-state index in [1.807, 2.05) is 60.0 Å². The van der Waals surface area contributed by atoms with Crippen molar-refractivity contribution in [2.24, 2.45) is 0 Å². The number of para-hydroxylation sites is 2. The molecule has 2 heterocycles. The predicted octanol–water partition coefficient (Wildman–Crippen LogP) is 5.29. The molecule has 0 spiro atoms. The summed E-state index contributed by atoms with van der Waals surface area (Å²) in [7, 11) is 0. The van der Waals surface area contributed by atoms with Crippen LogP contribution < -0.4 is 5.32 Å². The molecular weight excluding hydrogens is 362 g/mol. The summed E-state index contributed by atoms with van der Waals surface area (Å²) < 4.78 is 4.25. The van der Waals surface area contributed by atoms with E-state index >= 15 is 0 Å². The Morgan fingerprint density at radius 1 is 1.15 bits per heavy atom. The molecule has 4 rings (SSSR count). The number of aromatic hydroxyl groups is 1. The highest BCUT2D eigenvalue weighted by Crippen LogP contribution is 2.39. The molecule has 1 aliphatic heterocycles. The third-order valence-electron chi connectivity index (χ3n) is 4.35. The third-order valence-corrected chi connectivity index (χ3v) is 5.89. The van der Waals surface area contributed by atoms with Gasteiger partial charge in [-0.2, -0.15) is 0 Å². The van der Waals surface area contributed by atoms with Gasteiger partial charge in [0.1, 0.15) is 5.69 Å². The van der Waals surface area contributed by atoms with Crippen molar-refractivity contribution >= 4 is 35.7 Å². The van der Waals surface area contributed by atoms with Crippen molar-refractivity contribution in [2.45, 2.75) is 23.7 Å². The molecule has 0 fully saturated rings. The average molecular weight is 382 g/mol. The van der Waals surface area contributed by atoms with E-state index in [4.69, 9.17) is 12.2 Å². The number of hydrogen-bond donors (Lipinski definition) is 2. The summed E-state index contributed by atoms with van der Waals surface area (Å²) in [5.74, 6) is 0.193. The summed E-state index contributed by atoms with van der Waals surface area (Å²) in [5.41, 5.74) is 2.78. The number of nitrogens with one attached hydrogen (secondary N) is 1. The van der Waals surface area contributed by atoms with Gasteiger partial charge < -0.3 is 10.4 Å². The first-order valence-electron chi connectivity index (χ1n) is 8.49. The Morgan fingerprint density at radius 3 is 2.62 bits per heavy atom. The molecular formula is C20H19N3OS2. The van der Waals surface area contributed by atoms with Gasteiger partial charge in [0.2, 0.25) is 5.88 Å². The summed E-state index contributed by atoms with van der Waals surface area (Å²) in [6, 6.07) is 18.1. The fourth-order valence-corrected chi connectivity index (χ4v) is 4.53. The number of hydrogen-bond acceptors (Lipinski definition) is 4. The number of benzene rings is 2. The smallest absolute Gasteiger partial charge is 0.218 e. The first kappa shape index (κ1) is 17.0. The Morgan fingerprint density at radius 2 is 1.88 bits per heavy atom.